The van der Waals surface area contributed by atoms with Gasteiger partial charge in [-0.2, -0.15) is 0 Å². The fourth-order valence-electron chi connectivity index (χ4n) is 2.88. The molecule has 0 radical (unpaired) electrons. The number of sulfonamides is 1. The molecule has 1 aromatic carbocycles. The molecule has 0 aliphatic carbocycles. The van der Waals surface area contributed by atoms with Gasteiger partial charge in [-0.3, -0.25) is 9.71 Å². The van der Waals surface area contributed by atoms with E-state index in [0.717, 1.165) is 5.56 Å². The van der Waals surface area contributed by atoms with Crippen molar-refractivity contribution in [3.8, 4) is 0 Å². The molecule has 0 aliphatic heterocycles. The van der Waals surface area contributed by atoms with Crippen LogP contribution < -0.4 is 4.72 Å². The zero-order chi connectivity index (χ0) is 22.6. The monoisotopic (exact) mass is 502 g/mol. The number of oxime groups is 1. The first-order valence-corrected chi connectivity index (χ1v) is 11.8. The standard InChI is InChI=1S/C22H23BrN4O3S/c1-22(2,3)16-6-8-17(9-7-16)31(29,30)27-21-11-10-18(23)20(25-21)13-19(26-28)15-5-4-12-24-14-15/h4-12,14,28H,13H2,1-3H3,(H,25,27). The summed E-state index contributed by atoms with van der Waals surface area (Å²) in [4.78, 5) is 8.58. The van der Waals surface area contributed by atoms with Gasteiger partial charge >= 0.3 is 0 Å². The summed E-state index contributed by atoms with van der Waals surface area (Å²) in [5.41, 5.74) is 2.49. The van der Waals surface area contributed by atoms with Crippen molar-refractivity contribution in [3.05, 3.63) is 82.2 Å². The normalized spacial score (nSPS) is 12.6. The molecule has 0 fully saturated rings. The lowest BCUT2D eigenvalue weighted by Crippen LogP contribution is -2.16. The average Bonchev–Trinajstić information content (AvgIpc) is 2.74. The summed E-state index contributed by atoms with van der Waals surface area (Å²) in [6, 6.07) is 13.6. The Morgan fingerprint density at radius 1 is 1.13 bits per heavy atom. The number of pyridine rings is 2. The number of benzene rings is 1. The molecule has 162 valence electrons. The van der Waals surface area contributed by atoms with Crippen molar-refractivity contribution in [2.75, 3.05) is 4.72 Å². The van der Waals surface area contributed by atoms with E-state index in [2.05, 4.69) is 56.5 Å². The lowest BCUT2D eigenvalue weighted by molar-refractivity contribution is 0.318. The van der Waals surface area contributed by atoms with Crippen LogP contribution in [-0.4, -0.2) is 29.3 Å². The molecule has 0 aliphatic rings. The van der Waals surface area contributed by atoms with Crippen molar-refractivity contribution >= 4 is 37.5 Å². The van der Waals surface area contributed by atoms with Crippen LogP contribution in [0.3, 0.4) is 0 Å². The molecule has 3 rings (SSSR count). The van der Waals surface area contributed by atoms with Gasteiger partial charge in [0.15, 0.2) is 0 Å². The van der Waals surface area contributed by atoms with Crippen molar-refractivity contribution in [2.24, 2.45) is 5.16 Å². The second-order valence-corrected chi connectivity index (χ2v) is 10.5. The zero-order valence-corrected chi connectivity index (χ0v) is 19.8. The second kappa shape index (κ2) is 9.15. The Morgan fingerprint density at radius 2 is 1.84 bits per heavy atom. The minimum Gasteiger partial charge on any atom is -0.411 e. The van der Waals surface area contributed by atoms with Gasteiger partial charge < -0.3 is 5.21 Å². The van der Waals surface area contributed by atoms with Crippen LogP contribution in [0.1, 0.15) is 37.6 Å². The molecule has 2 heterocycles. The second-order valence-electron chi connectivity index (χ2n) is 7.97. The molecule has 0 atom stereocenters. The molecule has 7 nitrogen and oxygen atoms in total. The van der Waals surface area contributed by atoms with E-state index in [-0.39, 0.29) is 22.5 Å². The number of anilines is 1. The fraction of sp³-hybridized carbons (Fsp3) is 0.227. The SMILES string of the molecule is CC(C)(C)c1ccc(S(=O)(=O)Nc2ccc(Br)c(CC(=NO)c3cccnc3)n2)cc1. The van der Waals surface area contributed by atoms with E-state index in [0.29, 0.717) is 21.4 Å². The van der Waals surface area contributed by atoms with Gasteiger partial charge in [-0.1, -0.05) is 38.1 Å². The molecule has 3 aromatic rings. The molecule has 0 unspecified atom stereocenters. The molecule has 9 heteroatoms. The largest absolute Gasteiger partial charge is 0.411 e. The molecule has 0 spiro atoms. The van der Waals surface area contributed by atoms with Crippen molar-refractivity contribution in [1.29, 1.82) is 0 Å². The third kappa shape index (κ3) is 5.68. The van der Waals surface area contributed by atoms with E-state index in [4.69, 9.17) is 0 Å². The van der Waals surface area contributed by atoms with E-state index < -0.39 is 10.0 Å². The third-order valence-corrected chi connectivity index (χ3v) is 6.73. The van der Waals surface area contributed by atoms with Crippen molar-refractivity contribution in [3.63, 3.8) is 0 Å². The van der Waals surface area contributed by atoms with Gasteiger partial charge in [-0.25, -0.2) is 13.4 Å². The first-order valence-electron chi connectivity index (χ1n) is 9.50. The summed E-state index contributed by atoms with van der Waals surface area (Å²) in [5, 5.41) is 12.8. The number of nitrogens with one attached hydrogen (secondary N) is 1. The molecule has 31 heavy (non-hydrogen) atoms. The van der Waals surface area contributed by atoms with Crippen molar-refractivity contribution in [2.45, 2.75) is 37.5 Å². The predicted octanol–water partition coefficient (Wildman–Crippen LogP) is 4.76. The van der Waals surface area contributed by atoms with E-state index >= 15 is 0 Å². The molecular formula is C22H23BrN4O3S. The fourth-order valence-corrected chi connectivity index (χ4v) is 4.25. The Hall–Kier alpha value is -2.78. The summed E-state index contributed by atoms with van der Waals surface area (Å²) in [7, 11) is -3.81. The quantitative estimate of drug-likeness (QED) is 0.287. The number of rotatable bonds is 6. The number of hydrogen-bond acceptors (Lipinski definition) is 6. The molecule has 2 aromatic heterocycles. The number of halogens is 1. The Kier molecular flexibility index (Phi) is 6.76. The van der Waals surface area contributed by atoms with Gasteiger partial charge in [0.2, 0.25) is 0 Å². The molecule has 0 saturated heterocycles. The summed E-state index contributed by atoms with van der Waals surface area (Å²) in [6.45, 7) is 6.20. The van der Waals surface area contributed by atoms with Crippen LogP contribution in [0.4, 0.5) is 5.82 Å². The average molecular weight is 503 g/mol. The van der Waals surface area contributed by atoms with Gasteiger partial charge in [-0.05, 0) is 63.3 Å². The Balaban J connectivity index is 1.84. The Labute approximate surface area is 190 Å². The van der Waals surface area contributed by atoms with E-state index in [1.54, 1.807) is 48.8 Å². The highest BCUT2D eigenvalue weighted by atomic mass is 79.9. The van der Waals surface area contributed by atoms with Gasteiger partial charge in [0.25, 0.3) is 10.0 Å². The highest BCUT2D eigenvalue weighted by molar-refractivity contribution is 9.10. The van der Waals surface area contributed by atoms with Gasteiger partial charge in [0.05, 0.1) is 16.3 Å². The molecule has 2 N–H and O–H groups in total. The topological polar surface area (TPSA) is 105 Å². The van der Waals surface area contributed by atoms with E-state index in [1.165, 1.54) is 0 Å². The summed E-state index contributed by atoms with van der Waals surface area (Å²) in [5.74, 6) is 0.168. The maximum atomic E-state index is 12.8. The van der Waals surface area contributed by atoms with Crippen LogP contribution in [-0.2, 0) is 21.9 Å². The van der Waals surface area contributed by atoms with Crippen LogP contribution in [0.15, 0.2) is 75.4 Å². The molecule has 0 amide bonds. The first-order chi connectivity index (χ1) is 14.6. The molecule has 0 saturated carbocycles. The first kappa shape index (κ1) is 22.9. The Bertz CT molecular complexity index is 1190. The van der Waals surface area contributed by atoms with E-state index in [1.807, 2.05) is 12.1 Å². The van der Waals surface area contributed by atoms with Crippen LogP contribution in [0.2, 0.25) is 0 Å². The van der Waals surface area contributed by atoms with Crippen molar-refractivity contribution in [1.82, 2.24) is 9.97 Å². The maximum Gasteiger partial charge on any atom is 0.263 e. The molecular weight excluding hydrogens is 480 g/mol. The van der Waals surface area contributed by atoms with E-state index in [9.17, 15) is 13.6 Å². The predicted molar refractivity (Wildman–Crippen MR) is 124 cm³/mol. The van der Waals surface area contributed by atoms with Crippen LogP contribution >= 0.6 is 15.9 Å². The summed E-state index contributed by atoms with van der Waals surface area (Å²) >= 11 is 3.42. The zero-order valence-electron chi connectivity index (χ0n) is 17.4. The third-order valence-electron chi connectivity index (χ3n) is 4.64. The van der Waals surface area contributed by atoms with Crippen molar-refractivity contribution < 1.29 is 13.6 Å². The van der Waals surface area contributed by atoms with Gasteiger partial charge in [0, 0.05) is 28.9 Å². The van der Waals surface area contributed by atoms with Crippen LogP contribution in [0.5, 0.6) is 0 Å². The smallest absolute Gasteiger partial charge is 0.263 e. The van der Waals surface area contributed by atoms with Gasteiger partial charge in [0.1, 0.15) is 5.82 Å². The van der Waals surface area contributed by atoms with Crippen LogP contribution in [0, 0.1) is 0 Å². The summed E-state index contributed by atoms with van der Waals surface area (Å²) < 4.78 is 28.8. The summed E-state index contributed by atoms with van der Waals surface area (Å²) in [6.07, 6.45) is 3.38. The Morgan fingerprint density at radius 3 is 2.42 bits per heavy atom. The molecule has 0 bridgehead atoms. The number of aromatic nitrogens is 2. The number of hydrogen-bond donors (Lipinski definition) is 2. The lowest BCUT2D eigenvalue weighted by Gasteiger charge is -2.19. The lowest BCUT2D eigenvalue weighted by atomic mass is 9.87. The highest BCUT2D eigenvalue weighted by Gasteiger charge is 2.19. The minimum atomic E-state index is -3.81. The maximum absolute atomic E-state index is 12.8. The highest BCUT2D eigenvalue weighted by Crippen LogP contribution is 2.25. The van der Waals surface area contributed by atoms with Gasteiger partial charge in [-0.15, -0.1) is 0 Å². The minimum absolute atomic E-state index is 0.0713. The van der Waals surface area contributed by atoms with Crippen LogP contribution in [0.25, 0.3) is 0 Å². The number of nitrogens with zero attached hydrogens (tertiary/aromatic N) is 3.